The number of aliphatic hydroxyl groups is 2. The second-order valence-electron chi connectivity index (χ2n) is 15.1. The van der Waals surface area contributed by atoms with Gasteiger partial charge in [-0.15, -0.1) is 0 Å². The Morgan fingerprint density at radius 2 is 1.90 bits per heavy atom. The summed E-state index contributed by atoms with van der Waals surface area (Å²) in [5.74, 6) is -4.32. The van der Waals surface area contributed by atoms with E-state index in [2.05, 4.69) is 26.0 Å². The molecule has 12 atom stereocenters. The summed E-state index contributed by atoms with van der Waals surface area (Å²) in [5.41, 5.74) is 1.72. The first-order valence-electron chi connectivity index (χ1n) is 17.8. The lowest BCUT2D eigenvalue weighted by atomic mass is 9.70. The smallest absolute Gasteiger partial charge is 0.316 e. The van der Waals surface area contributed by atoms with Crippen molar-refractivity contribution in [1.29, 1.82) is 0 Å². The number of methoxy groups -OCH3 is 1. The van der Waals surface area contributed by atoms with Crippen LogP contribution in [0, 0.1) is 23.7 Å². The molecular weight excluding hydrogens is 628 g/mol. The van der Waals surface area contributed by atoms with Crippen LogP contribution in [0.25, 0.3) is 0 Å². The second-order valence-corrected chi connectivity index (χ2v) is 15.1. The summed E-state index contributed by atoms with van der Waals surface area (Å²) in [6, 6.07) is 0. The van der Waals surface area contributed by atoms with Crippen LogP contribution in [-0.4, -0.2) is 90.0 Å². The van der Waals surface area contributed by atoms with Crippen molar-refractivity contribution in [3.63, 3.8) is 0 Å². The van der Waals surface area contributed by atoms with Crippen molar-refractivity contribution in [2.24, 2.45) is 23.7 Å². The highest BCUT2D eigenvalue weighted by Gasteiger charge is 2.62. The summed E-state index contributed by atoms with van der Waals surface area (Å²) in [5, 5.41) is 24.5. The number of allylic oxidation sites excluding steroid dienone is 5. The van der Waals surface area contributed by atoms with Crippen LogP contribution < -0.4 is 0 Å². The van der Waals surface area contributed by atoms with E-state index >= 15 is 0 Å². The summed E-state index contributed by atoms with van der Waals surface area (Å²) in [6.07, 6.45) is 7.91. The number of hydrogen-bond donors (Lipinski definition) is 2. The summed E-state index contributed by atoms with van der Waals surface area (Å²) in [6.45, 7) is 15.5. The minimum atomic E-state index is -1.69. The summed E-state index contributed by atoms with van der Waals surface area (Å²) in [7, 11) is 1.56. The normalized spacial score (nSPS) is 41.8. The average molecular weight is 685 g/mol. The van der Waals surface area contributed by atoms with Crippen molar-refractivity contribution in [2.75, 3.05) is 13.7 Å². The van der Waals surface area contributed by atoms with E-state index in [0.29, 0.717) is 18.4 Å². The fraction of sp³-hybridized carbons (Fsp3) is 0.692. The monoisotopic (exact) mass is 684 g/mol. The van der Waals surface area contributed by atoms with Crippen LogP contribution in [0.15, 0.2) is 58.7 Å². The first kappa shape index (κ1) is 37.7. The molecular formula is C39H56O10. The number of ether oxygens (including phenoxy) is 6. The van der Waals surface area contributed by atoms with Gasteiger partial charge in [-0.25, -0.2) is 0 Å². The van der Waals surface area contributed by atoms with E-state index in [1.807, 2.05) is 45.9 Å². The van der Waals surface area contributed by atoms with E-state index in [4.69, 9.17) is 28.4 Å². The zero-order chi connectivity index (χ0) is 35.8. The Balaban J connectivity index is 1.58. The molecule has 3 fully saturated rings. The lowest BCUT2D eigenvalue weighted by molar-refractivity contribution is -0.380. The molecule has 0 radical (unpaired) electrons. The lowest BCUT2D eigenvalue weighted by Gasteiger charge is -2.54. The molecule has 5 aliphatic rings. The summed E-state index contributed by atoms with van der Waals surface area (Å²) in [4.78, 5) is 27.2. The predicted molar refractivity (Wildman–Crippen MR) is 183 cm³/mol. The average Bonchev–Trinajstić information content (AvgIpc) is 3.38. The molecule has 0 amide bonds. The van der Waals surface area contributed by atoms with Gasteiger partial charge in [0.05, 0.1) is 24.7 Å². The quantitative estimate of drug-likeness (QED) is 0.298. The SMILES string of the molecule is CC=C(C)C1OC2(CC3CC(CC=C(C)CC(C)C=CC=C4COC5C(OC)C(C)=CC(C(=O)O3)C45O)O2)C(O)C(OC(=O)C(C)C)C1C. The molecule has 10 heteroatoms. The van der Waals surface area contributed by atoms with Crippen LogP contribution in [0.2, 0.25) is 0 Å². The van der Waals surface area contributed by atoms with Crippen LogP contribution in [-0.2, 0) is 38.0 Å². The van der Waals surface area contributed by atoms with Gasteiger partial charge in [-0.05, 0) is 63.2 Å². The van der Waals surface area contributed by atoms with E-state index < -0.39 is 77.9 Å². The molecule has 12 unspecified atom stereocenters. The van der Waals surface area contributed by atoms with Gasteiger partial charge in [0.1, 0.15) is 42.0 Å². The molecule has 2 bridgehead atoms. The maximum Gasteiger partial charge on any atom is 0.316 e. The van der Waals surface area contributed by atoms with Crippen molar-refractivity contribution in [1.82, 2.24) is 0 Å². The lowest BCUT2D eigenvalue weighted by Crippen LogP contribution is -2.67. The molecule has 49 heavy (non-hydrogen) atoms. The molecule has 0 saturated carbocycles. The van der Waals surface area contributed by atoms with E-state index in [1.54, 1.807) is 27.0 Å². The van der Waals surface area contributed by atoms with E-state index in [0.717, 1.165) is 23.1 Å². The number of carbonyl (C=O) groups is 2. The Hall–Kier alpha value is -2.60. The van der Waals surface area contributed by atoms with E-state index in [-0.39, 0.29) is 24.9 Å². The number of hydrogen-bond acceptors (Lipinski definition) is 10. The van der Waals surface area contributed by atoms with Gasteiger partial charge in [0.2, 0.25) is 5.79 Å². The van der Waals surface area contributed by atoms with Crippen molar-refractivity contribution in [3.8, 4) is 0 Å². The maximum absolute atomic E-state index is 14.3. The minimum absolute atomic E-state index is 0.00594. The molecule has 1 aliphatic carbocycles. The van der Waals surface area contributed by atoms with Gasteiger partial charge < -0.3 is 38.6 Å². The van der Waals surface area contributed by atoms with Gasteiger partial charge in [0.15, 0.2) is 0 Å². The summed E-state index contributed by atoms with van der Waals surface area (Å²) < 4.78 is 37.6. The molecule has 272 valence electrons. The van der Waals surface area contributed by atoms with E-state index in [1.165, 1.54) is 0 Å². The molecule has 5 rings (SSSR count). The number of rotatable bonds is 4. The highest BCUT2D eigenvalue weighted by molar-refractivity contribution is 5.78. The zero-order valence-electron chi connectivity index (χ0n) is 30.5. The van der Waals surface area contributed by atoms with Gasteiger partial charge >= 0.3 is 11.9 Å². The molecule has 4 heterocycles. The molecule has 0 aromatic carbocycles. The third-order valence-electron chi connectivity index (χ3n) is 11.0. The largest absolute Gasteiger partial charge is 0.462 e. The van der Waals surface area contributed by atoms with E-state index in [9.17, 15) is 19.8 Å². The van der Waals surface area contributed by atoms with Gasteiger partial charge in [0, 0.05) is 25.9 Å². The van der Waals surface area contributed by atoms with Crippen molar-refractivity contribution in [2.45, 2.75) is 135 Å². The Morgan fingerprint density at radius 1 is 1.16 bits per heavy atom. The zero-order valence-corrected chi connectivity index (χ0v) is 30.5. The standard InChI is InChI=1S/C39H56O10/c1-10-24(6)31-26(8)33(47-36(41)21(2)3)34(40)38(49-31)19-29-18-28(48-38)15-14-23(5)16-22(4)12-11-13-27-20-45-35-32(44-9)25(7)17-30(37(42)46-29)39(27,35)43/h10-14,17,21-22,26,28-35,40,43H,15-16,18-20H2,1-9H3. The number of aliphatic hydroxyl groups excluding tert-OH is 1. The fourth-order valence-electron chi connectivity index (χ4n) is 8.14. The number of carbonyl (C=O) groups excluding carboxylic acids is 2. The fourth-order valence-corrected chi connectivity index (χ4v) is 8.14. The topological polar surface area (TPSA) is 130 Å². The van der Waals surface area contributed by atoms with Crippen LogP contribution in [0.3, 0.4) is 0 Å². The van der Waals surface area contributed by atoms with Gasteiger partial charge in [-0.2, -0.15) is 0 Å². The highest BCUT2D eigenvalue weighted by atomic mass is 16.7. The van der Waals surface area contributed by atoms with Gasteiger partial charge in [-0.1, -0.05) is 69.7 Å². The maximum atomic E-state index is 14.3. The molecule has 10 nitrogen and oxygen atoms in total. The molecule has 4 aliphatic heterocycles. The predicted octanol–water partition coefficient (Wildman–Crippen LogP) is 5.28. The first-order chi connectivity index (χ1) is 23.1. The van der Waals surface area contributed by atoms with Gasteiger partial charge in [0.25, 0.3) is 0 Å². The minimum Gasteiger partial charge on any atom is -0.462 e. The molecule has 3 saturated heterocycles. The molecule has 0 aromatic rings. The van der Waals surface area contributed by atoms with Crippen molar-refractivity contribution >= 4 is 11.9 Å². The first-order valence-corrected chi connectivity index (χ1v) is 17.8. The Kier molecular flexibility index (Phi) is 11.5. The highest BCUT2D eigenvalue weighted by Crippen LogP contribution is 2.48. The van der Waals surface area contributed by atoms with Crippen molar-refractivity contribution < 1.29 is 48.2 Å². The molecule has 1 spiro atoms. The van der Waals surface area contributed by atoms with Crippen molar-refractivity contribution in [3.05, 3.63) is 58.7 Å². The van der Waals surface area contributed by atoms with Crippen LogP contribution in [0.5, 0.6) is 0 Å². The number of esters is 2. The Labute approximate surface area is 291 Å². The Morgan fingerprint density at radius 3 is 2.57 bits per heavy atom. The molecule has 0 aromatic heterocycles. The molecule has 2 N–H and O–H groups in total. The number of fused-ring (bicyclic) bond motifs is 2. The van der Waals surface area contributed by atoms with Crippen LogP contribution in [0.4, 0.5) is 0 Å². The van der Waals surface area contributed by atoms with Crippen LogP contribution in [0.1, 0.15) is 81.1 Å². The van der Waals surface area contributed by atoms with Crippen LogP contribution >= 0.6 is 0 Å². The summed E-state index contributed by atoms with van der Waals surface area (Å²) >= 11 is 0. The van der Waals surface area contributed by atoms with Gasteiger partial charge in [-0.3, -0.25) is 9.59 Å². The second kappa shape index (κ2) is 14.9. The third kappa shape index (κ3) is 7.28. The third-order valence-corrected chi connectivity index (χ3v) is 11.0. The Bertz CT molecular complexity index is 1410.